The first kappa shape index (κ1) is 21.1. The van der Waals surface area contributed by atoms with Gasteiger partial charge in [-0.05, 0) is 67.1 Å². The molecule has 0 aliphatic carbocycles. The van der Waals surface area contributed by atoms with Crippen molar-refractivity contribution in [1.29, 1.82) is 0 Å². The topological polar surface area (TPSA) is 76.2 Å². The molecule has 1 amide bonds. The molecule has 3 aliphatic rings. The maximum atomic E-state index is 13.5. The van der Waals surface area contributed by atoms with Crippen LogP contribution in [0, 0.1) is 0 Å². The van der Waals surface area contributed by atoms with Crippen LogP contribution in [0.15, 0.2) is 36.4 Å². The van der Waals surface area contributed by atoms with Crippen LogP contribution in [0.1, 0.15) is 53.2 Å². The highest BCUT2D eigenvalue weighted by molar-refractivity contribution is 7.92. The van der Waals surface area contributed by atoms with Gasteiger partial charge in [-0.2, -0.15) is 0 Å². The quantitative estimate of drug-likeness (QED) is 0.706. The summed E-state index contributed by atoms with van der Waals surface area (Å²) in [6.07, 6.45) is 5.45. The SMILES string of the molecule is CS(=O)(=O)N1CCCc2cc(C(=O)N3CCCC3c3ccc4c(c3)OCCCO4)ccc21. The zero-order chi connectivity index (χ0) is 22.3. The number of amides is 1. The predicted octanol–water partition coefficient (Wildman–Crippen LogP) is 3.54. The third-order valence-electron chi connectivity index (χ3n) is 6.47. The molecular weight excluding hydrogens is 428 g/mol. The molecule has 3 heterocycles. The molecule has 32 heavy (non-hydrogen) atoms. The molecule has 1 atom stereocenters. The summed E-state index contributed by atoms with van der Waals surface area (Å²) in [5.41, 5.74) is 3.27. The van der Waals surface area contributed by atoms with Crippen LogP contribution in [0.3, 0.4) is 0 Å². The summed E-state index contributed by atoms with van der Waals surface area (Å²) in [5, 5.41) is 0. The monoisotopic (exact) mass is 456 g/mol. The second-order valence-corrected chi connectivity index (χ2v) is 10.6. The molecule has 1 saturated heterocycles. The molecule has 3 aliphatic heterocycles. The normalized spacial score (nSPS) is 20.6. The molecule has 0 radical (unpaired) electrons. The Hall–Kier alpha value is -2.74. The Bertz CT molecular complexity index is 1150. The number of fused-ring (bicyclic) bond motifs is 2. The van der Waals surface area contributed by atoms with E-state index >= 15 is 0 Å². The minimum Gasteiger partial charge on any atom is -0.490 e. The lowest BCUT2D eigenvalue weighted by molar-refractivity contribution is 0.0735. The van der Waals surface area contributed by atoms with Gasteiger partial charge in [-0.15, -0.1) is 0 Å². The summed E-state index contributed by atoms with van der Waals surface area (Å²) in [6.45, 7) is 2.46. The van der Waals surface area contributed by atoms with Gasteiger partial charge in [-0.3, -0.25) is 9.10 Å². The molecule has 5 rings (SSSR count). The number of ether oxygens (including phenoxy) is 2. The molecule has 0 bridgehead atoms. The van der Waals surface area contributed by atoms with Crippen LogP contribution >= 0.6 is 0 Å². The van der Waals surface area contributed by atoms with Gasteiger partial charge < -0.3 is 14.4 Å². The van der Waals surface area contributed by atoms with Gasteiger partial charge in [0.05, 0.1) is 31.2 Å². The first-order chi connectivity index (χ1) is 15.4. The number of likely N-dealkylation sites (tertiary alicyclic amines) is 1. The van der Waals surface area contributed by atoms with Crippen LogP contribution < -0.4 is 13.8 Å². The summed E-state index contributed by atoms with van der Waals surface area (Å²) in [4.78, 5) is 15.4. The van der Waals surface area contributed by atoms with Gasteiger partial charge in [0, 0.05) is 25.1 Å². The molecule has 0 N–H and O–H groups in total. The summed E-state index contributed by atoms with van der Waals surface area (Å²) >= 11 is 0. The van der Waals surface area contributed by atoms with Gasteiger partial charge in [-0.1, -0.05) is 6.07 Å². The number of aryl methyl sites for hydroxylation is 1. The molecule has 170 valence electrons. The van der Waals surface area contributed by atoms with Crippen molar-refractivity contribution in [3.05, 3.63) is 53.1 Å². The van der Waals surface area contributed by atoms with E-state index in [-0.39, 0.29) is 11.9 Å². The Morgan fingerprint density at radius 3 is 2.59 bits per heavy atom. The smallest absolute Gasteiger partial charge is 0.254 e. The third-order valence-corrected chi connectivity index (χ3v) is 7.65. The van der Waals surface area contributed by atoms with E-state index in [0.29, 0.717) is 37.6 Å². The number of sulfonamides is 1. The summed E-state index contributed by atoms with van der Waals surface area (Å²) in [6, 6.07) is 11.4. The van der Waals surface area contributed by atoms with Crippen LogP contribution in [0.5, 0.6) is 11.5 Å². The lowest BCUT2D eigenvalue weighted by atomic mass is 9.99. The Balaban J connectivity index is 1.41. The molecule has 0 aromatic heterocycles. The Labute approximate surface area is 189 Å². The van der Waals surface area contributed by atoms with Crippen LogP contribution in [0.2, 0.25) is 0 Å². The molecule has 8 heteroatoms. The van der Waals surface area contributed by atoms with Crippen molar-refractivity contribution >= 4 is 21.6 Å². The van der Waals surface area contributed by atoms with Crippen LogP contribution in [0.25, 0.3) is 0 Å². The average molecular weight is 457 g/mol. The molecule has 2 aromatic carbocycles. The molecule has 0 saturated carbocycles. The van der Waals surface area contributed by atoms with E-state index in [1.807, 2.05) is 29.2 Å². The molecule has 7 nitrogen and oxygen atoms in total. The van der Waals surface area contributed by atoms with Crippen molar-refractivity contribution in [2.45, 2.75) is 38.1 Å². The van der Waals surface area contributed by atoms with Gasteiger partial charge in [0.15, 0.2) is 11.5 Å². The number of hydrogen-bond acceptors (Lipinski definition) is 5. The van der Waals surface area contributed by atoms with Gasteiger partial charge >= 0.3 is 0 Å². The molecule has 1 unspecified atom stereocenters. The summed E-state index contributed by atoms with van der Waals surface area (Å²) in [7, 11) is -3.33. The fourth-order valence-electron chi connectivity index (χ4n) is 4.95. The minimum absolute atomic E-state index is 0.0109. The highest BCUT2D eigenvalue weighted by atomic mass is 32.2. The summed E-state index contributed by atoms with van der Waals surface area (Å²) < 4.78 is 37.3. The van der Waals surface area contributed by atoms with Crippen molar-refractivity contribution in [1.82, 2.24) is 4.90 Å². The number of carbonyl (C=O) groups is 1. The van der Waals surface area contributed by atoms with E-state index in [2.05, 4.69) is 0 Å². The van der Waals surface area contributed by atoms with Gasteiger partial charge in [0.2, 0.25) is 10.0 Å². The number of carbonyl (C=O) groups excluding carboxylic acids is 1. The fourth-order valence-corrected chi connectivity index (χ4v) is 5.95. The third kappa shape index (κ3) is 3.92. The van der Waals surface area contributed by atoms with Crippen molar-refractivity contribution in [3.63, 3.8) is 0 Å². The molecule has 2 aromatic rings. The van der Waals surface area contributed by atoms with Crippen LogP contribution in [0.4, 0.5) is 5.69 Å². The zero-order valence-electron chi connectivity index (χ0n) is 18.2. The van der Waals surface area contributed by atoms with Crippen molar-refractivity contribution in [3.8, 4) is 11.5 Å². The number of benzene rings is 2. The first-order valence-corrected chi connectivity index (χ1v) is 13.1. The largest absolute Gasteiger partial charge is 0.490 e. The molecule has 1 fully saturated rings. The Morgan fingerprint density at radius 2 is 1.78 bits per heavy atom. The number of hydrogen-bond donors (Lipinski definition) is 0. The second kappa shape index (κ2) is 8.31. The van der Waals surface area contributed by atoms with E-state index in [0.717, 1.165) is 54.7 Å². The lowest BCUT2D eigenvalue weighted by Gasteiger charge is -2.30. The number of nitrogens with zero attached hydrogens (tertiary/aromatic N) is 2. The van der Waals surface area contributed by atoms with Crippen molar-refractivity contribution in [2.24, 2.45) is 0 Å². The molecule has 0 spiro atoms. The number of rotatable bonds is 3. The van der Waals surface area contributed by atoms with Gasteiger partial charge in [0.25, 0.3) is 5.91 Å². The Morgan fingerprint density at radius 1 is 0.969 bits per heavy atom. The van der Waals surface area contributed by atoms with E-state index in [4.69, 9.17) is 9.47 Å². The van der Waals surface area contributed by atoms with E-state index < -0.39 is 10.0 Å². The maximum absolute atomic E-state index is 13.5. The fraction of sp³-hybridized carbons (Fsp3) is 0.458. The highest BCUT2D eigenvalue weighted by Crippen LogP contribution is 2.39. The van der Waals surface area contributed by atoms with Crippen molar-refractivity contribution in [2.75, 3.05) is 36.9 Å². The second-order valence-electron chi connectivity index (χ2n) is 8.70. The molecular formula is C24H28N2O5S. The van der Waals surface area contributed by atoms with Crippen LogP contribution in [-0.2, 0) is 16.4 Å². The number of anilines is 1. The maximum Gasteiger partial charge on any atom is 0.254 e. The lowest BCUT2D eigenvalue weighted by Crippen LogP contribution is -2.35. The average Bonchev–Trinajstić information content (AvgIpc) is 3.15. The van der Waals surface area contributed by atoms with E-state index in [1.165, 1.54) is 10.6 Å². The minimum atomic E-state index is -3.33. The van der Waals surface area contributed by atoms with Gasteiger partial charge in [-0.25, -0.2) is 8.42 Å². The predicted molar refractivity (Wildman–Crippen MR) is 122 cm³/mol. The standard InChI is InChI=1S/C24H28N2O5S/c1-32(28,29)26-12-2-5-17-15-19(7-9-21(17)26)24(27)25-11-3-6-20(25)18-8-10-22-23(16-18)31-14-4-13-30-22/h7-10,15-16,20H,2-6,11-14H2,1H3. The highest BCUT2D eigenvalue weighted by Gasteiger charge is 2.32. The summed E-state index contributed by atoms with van der Waals surface area (Å²) in [5.74, 6) is 1.49. The first-order valence-electron chi connectivity index (χ1n) is 11.2. The Kier molecular flexibility index (Phi) is 5.49. The zero-order valence-corrected chi connectivity index (χ0v) is 19.1. The van der Waals surface area contributed by atoms with Crippen LogP contribution in [-0.4, -0.2) is 51.8 Å². The van der Waals surface area contributed by atoms with E-state index in [1.54, 1.807) is 12.1 Å². The van der Waals surface area contributed by atoms with Gasteiger partial charge in [0.1, 0.15) is 0 Å². The van der Waals surface area contributed by atoms with E-state index in [9.17, 15) is 13.2 Å². The van der Waals surface area contributed by atoms with Crippen molar-refractivity contribution < 1.29 is 22.7 Å².